The molecule has 0 saturated carbocycles. The Morgan fingerprint density at radius 3 is 2.50 bits per heavy atom. The normalized spacial score (nSPS) is 11.1. The molecule has 76 valence electrons. The van der Waals surface area contributed by atoms with E-state index in [-0.39, 0.29) is 11.4 Å². The molecule has 0 spiro atoms. The Hall–Kier alpha value is -1.02. The predicted octanol–water partition coefficient (Wildman–Crippen LogP) is 2.87. The largest absolute Gasteiger partial charge is 0.347 e. The fourth-order valence-electron chi connectivity index (χ4n) is 1.04. The summed E-state index contributed by atoms with van der Waals surface area (Å²) in [5.74, 6) is -0.0972. The molecule has 0 heterocycles. The molecule has 1 aromatic carbocycles. The third kappa shape index (κ3) is 3.38. The van der Waals surface area contributed by atoms with Crippen LogP contribution < -0.4 is 5.32 Å². The summed E-state index contributed by atoms with van der Waals surface area (Å²) in [5.41, 5.74) is 0.367. The van der Waals surface area contributed by atoms with E-state index in [1.807, 2.05) is 20.8 Å². The van der Waals surface area contributed by atoms with Crippen molar-refractivity contribution in [3.63, 3.8) is 0 Å². The molecule has 3 heteroatoms. The minimum atomic E-state index is -0.223. The zero-order chi connectivity index (χ0) is 10.8. The van der Waals surface area contributed by atoms with Crippen molar-refractivity contribution < 1.29 is 4.79 Å². The minimum Gasteiger partial charge on any atom is -0.347 e. The fourth-order valence-corrected chi connectivity index (χ4v) is 1.23. The number of carbonyl (C=O) groups is 1. The molecule has 0 aliphatic carbocycles. The van der Waals surface area contributed by atoms with Gasteiger partial charge < -0.3 is 5.32 Å². The molecular weight excluding hydrogens is 198 g/mol. The highest BCUT2D eigenvalue weighted by Crippen LogP contribution is 2.11. The molecule has 14 heavy (non-hydrogen) atoms. The van der Waals surface area contributed by atoms with Crippen molar-refractivity contribution >= 4 is 17.5 Å². The molecule has 2 nitrogen and oxygen atoms in total. The summed E-state index contributed by atoms with van der Waals surface area (Å²) in [4.78, 5) is 11.6. The van der Waals surface area contributed by atoms with Gasteiger partial charge in [-0.15, -0.1) is 0 Å². The molecule has 0 fully saturated rings. The first-order valence-electron chi connectivity index (χ1n) is 4.46. The molecular formula is C11H14ClNO. The number of amides is 1. The molecule has 1 amide bonds. The van der Waals surface area contributed by atoms with Crippen LogP contribution in [-0.2, 0) is 0 Å². The van der Waals surface area contributed by atoms with E-state index in [4.69, 9.17) is 11.6 Å². The standard InChI is InChI=1S/C11H14ClNO/c1-11(2,3)13-10(14)8-5-4-6-9(12)7-8/h4-7H,1-3H3,(H,13,14). The molecule has 1 rings (SSSR count). The maximum Gasteiger partial charge on any atom is 0.251 e. The van der Waals surface area contributed by atoms with E-state index in [9.17, 15) is 4.79 Å². The average Bonchev–Trinajstić information content (AvgIpc) is 2.01. The van der Waals surface area contributed by atoms with Gasteiger partial charge in [-0.25, -0.2) is 0 Å². The Balaban J connectivity index is 2.80. The summed E-state index contributed by atoms with van der Waals surface area (Å²) in [6.07, 6.45) is 0. The molecule has 1 aromatic rings. The van der Waals surface area contributed by atoms with Crippen LogP contribution in [-0.4, -0.2) is 11.4 Å². The Morgan fingerprint density at radius 1 is 1.36 bits per heavy atom. The molecule has 0 unspecified atom stereocenters. The summed E-state index contributed by atoms with van der Waals surface area (Å²) < 4.78 is 0. The monoisotopic (exact) mass is 211 g/mol. The zero-order valence-electron chi connectivity index (χ0n) is 8.60. The van der Waals surface area contributed by atoms with Crippen LogP contribution in [0.15, 0.2) is 24.3 Å². The number of carbonyl (C=O) groups excluding carboxylic acids is 1. The van der Waals surface area contributed by atoms with Crippen molar-refractivity contribution in [2.24, 2.45) is 0 Å². The van der Waals surface area contributed by atoms with E-state index in [2.05, 4.69) is 5.32 Å². The highest BCUT2D eigenvalue weighted by atomic mass is 35.5. The third-order valence-corrected chi connectivity index (χ3v) is 1.81. The van der Waals surface area contributed by atoms with Crippen LogP contribution in [0.25, 0.3) is 0 Å². The molecule has 0 saturated heterocycles. The van der Waals surface area contributed by atoms with Gasteiger partial charge in [0.1, 0.15) is 0 Å². The van der Waals surface area contributed by atoms with E-state index < -0.39 is 0 Å². The van der Waals surface area contributed by atoms with Crippen LogP contribution in [0.3, 0.4) is 0 Å². The summed E-state index contributed by atoms with van der Waals surface area (Å²) in [5, 5.41) is 3.44. The van der Waals surface area contributed by atoms with Crippen molar-refractivity contribution in [2.75, 3.05) is 0 Å². The van der Waals surface area contributed by atoms with E-state index in [0.29, 0.717) is 10.6 Å². The van der Waals surface area contributed by atoms with E-state index in [1.54, 1.807) is 24.3 Å². The quantitative estimate of drug-likeness (QED) is 0.761. The van der Waals surface area contributed by atoms with Crippen molar-refractivity contribution in [3.05, 3.63) is 34.9 Å². The Labute approximate surface area is 89.3 Å². The first-order chi connectivity index (χ1) is 6.38. The van der Waals surface area contributed by atoms with Gasteiger partial charge in [-0.2, -0.15) is 0 Å². The first-order valence-corrected chi connectivity index (χ1v) is 4.84. The van der Waals surface area contributed by atoms with Gasteiger partial charge in [0.15, 0.2) is 0 Å². The second-order valence-corrected chi connectivity index (χ2v) is 4.65. The maximum absolute atomic E-state index is 11.6. The van der Waals surface area contributed by atoms with Crippen LogP contribution in [0.2, 0.25) is 5.02 Å². The molecule has 0 atom stereocenters. The van der Waals surface area contributed by atoms with Gasteiger partial charge in [0.2, 0.25) is 0 Å². The Bertz CT molecular complexity index is 341. The van der Waals surface area contributed by atoms with Gasteiger partial charge in [-0.1, -0.05) is 17.7 Å². The van der Waals surface area contributed by atoms with Gasteiger partial charge in [-0.3, -0.25) is 4.79 Å². The Kier molecular flexibility index (Phi) is 3.17. The number of hydrogen-bond acceptors (Lipinski definition) is 1. The number of rotatable bonds is 1. The van der Waals surface area contributed by atoms with Crippen molar-refractivity contribution in [2.45, 2.75) is 26.3 Å². The lowest BCUT2D eigenvalue weighted by Crippen LogP contribution is -2.40. The van der Waals surface area contributed by atoms with Gasteiger partial charge in [-0.05, 0) is 39.0 Å². The van der Waals surface area contributed by atoms with Crippen LogP contribution in [0, 0.1) is 0 Å². The van der Waals surface area contributed by atoms with Crippen LogP contribution in [0.1, 0.15) is 31.1 Å². The second kappa shape index (κ2) is 4.01. The highest BCUT2D eigenvalue weighted by Gasteiger charge is 2.14. The Morgan fingerprint density at radius 2 is 2.00 bits per heavy atom. The molecule has 0 aromatic heterocycles. The number of nitrogens with one attached hydrogen (secondary N) is 1. The average molecular weight is 212 g/mol. The van der Waals surface area contributed by atoms with Crippen LogP contribution in [0.4, 0.5) is 0 Å². The van der Waals surface area contributed by atoms with Crippen molar-refractivity contribution in [3.8, 4) is 0 Å². The first kappa shape index (κ1) is 11.1. The summed E-state index contributed by atoms with van der Waals surface area (Å²) in [7, 11) is 0. The number of benzene rings is 1. The summed E-state index contributed by atoms with van der Waals surface area (Å²) in [6.45, 7) is 5.82. The third-order valence-electron chi connectivity index (χ3n) is 1.58. The van der Waals surface area contributed by atoms with Gasteiger partial charge in [0, 0.05) is 16.1 Å². The van der Waals surface area contributed by atoms with Crippen molar-refractivity contribution in [1.29, 1.82) is 0 Å². The lowest BCUT2D eigenvalue weighted by molar-refractivity contribution is 0.0919. The lowest BCUT2D eigenvalue weighted by Gasteiger charge is -2.20. The van der Waals surface area contributed by atoms with Gasteiger partial charge in [0.05, 0.1) is 0 Å². The van der Waals surface area contributed by atoms with E-state index in [0.717, 1.165) is 0 Å². The van der Waals surface area contributed by atoms with Crippen molar-refractivity contribution in [1.82, 2.24) is 5.32 Å². The maximum atomic E-state index is 11.6. The van der Waals surface area contributed by atoms with Crippen LogP contribution in [0.5, 0.6) is 0 Å². The number of hydrogen-bond donors (Lipinski definition) is 1. The SMILES string of the molecule is CC(C)(C)NC(=O)c1cccc(Cl)c1. The van der Waals surface area contributed by atoms with Gasteiger partial charge >= 0.3 is 0 Å². The number of halogens is 1. The second-order valence-electron chi connectivity index (χ2n) is 4.21. The lowest BCUT2D eigenvalue weighted by atomic mass is 10.1. The minimum absolute atomic E-state index is 0.0972. The fraction of sp³-hybridized carbons (Fsp3) is 0.364. The van der Waals surface area contributed by atoms with Gasteiger partial charge in [0.25, 0.3) is 5.91 Å². The van der Waals surface area contributed by atoms with Crippen LogP contribution >= 0.6 is 11.6 Å². The topological polar surface area (TPSA) is 29.1 Å². The summed E-state index contributed by atoms with van der Waals surface area (Å²) >= 11 is 5.78. The molecule has 0 aliphatic heterocycles. The molecule has 0 aliphatic rings. The molecule has 0 radical (unpaired) electrons. The predicted molar refractivity (Wildman–Crippen MR) is 58.7 cm³/mol. The highest BCUT2D eigenvalue weighted by molar-refractivity contribution is 6.30. The van der Waals surface area contributed by atoms with E-state index >= 15 is 0 Å². The smallest absolute Gasteiger partial charge is 0.251 e. The molecule has 1 N–H and O–H groups in total. The zero-order valence-corrected chi connectivity index (χ0v) is 9.35. The molecule has 0 bridgehead atoms. The van der Waals surface area contributed by atoms with E-state index in [1.165, 1.54) is 0 Å². The summed E-state index contributed by atoms with van der Waals surface area (Å²) in [6, 6.07) is 6.91.